The van der Waals surface area contributed by atoms with Crippen LogP contribution in [0.3, 0.4) is 0 Å². The Bertz CT molecular complexity index is 333. The highest BCUT2D eigenvalue weighted by molar-refractivity contribution is 6.30. The molecular weight excluding hydrogens is 182 g/mol. The van der Waals surface area contributed by atoms with Gasteiger partial charge in [0.2, 0.25) is 0 Å². The molecule has 1 aromatic heterocycles. The highest BCUT2D eigenvalue weighted by atomic mass is 35.5. The van der Waals surface area contributed by atoms with Crippen molar-refractivity contribution in [3.63, 3.8) is 0 Å². The maximum atomic E-state index is 6.00. The summed E-state index contributed by atoms with van der Waals surface area (Å²) in [5.41, 5.74) is 3.73. The number of fused-ring (bicyclic) bond motifs is 1. The molecule has 1 aliphatic rings. The lowest BCUT2D eigenvalue weighted by Crippen LogP contribution is -2.10. The predicted octanol–water partition coefficient (Wildman–Crippen LogP) is 3.48. The molecule has 1 aromatic rings. The van der Waals surface area contributed by atoms with E-state index in [4.69, 9.17) is 11.6 Å². The normalized spacial score (nSPS) is 21.3. The fraction of sp³-hybridized carbons (Fsp3) is 0.545. The summed E-state index contributed by atoms with van der Waals surface area (Å²) in [5.74, 6) is 0.585. The molecule has 0 radical (unpaired) electrons. The number of rotatable bonds is 0. The number of nitrogens with zero attached hydrogens (tertiary/aromatic N) is 1. The second-order valence-corrected chi connectivity index (χ2v) is 4.29. The number of halogens is 1. The van der Waals surface area contributed by atoms with Gasteiger partial charge in [0.25, 0.3) is 0 Å². The van der Waals surface area contributed by atoms with E-state index in [1.165, 1.54) is 30.5 Å². The van der Waals surface area contributed by atoms with Gasteiger partial charge in [-0.05, 0) is 43.2 Å². The van der Waals surface area contributed by atoms with E-state index in [2.05, 4.69) is 18.0 Å². The van der Waals surface area contributed by atoms with Crippen LogP contribution in [0.1, 0.15) is 42.5 Å². The summed E-state index contributed by atoms with van der Waals surface area (Å²) in [4.78, 5) is 4.46. The first-order chi connectivity index (χ1) is 6.18. The molecule has 13 heavy (non-hydrogen) atoms. The zero-order valence-corrected chi connectivity index (χ0v) is 8.86. The first-order valence-corrected chi connectivity index (χ1v) is 5.22. The molecule has 0 saturated heterocycles. The molecule has 0 amide bonds. The van der Waals surface area contributed by atoms with E-state index in [0.717, 1.165) is 5.56 Å². The molecule has 1 aliphatic carbocycles. The van der Waals surface area contributed by atoms with E-state index in [0.29, 0.717) is 11.1 Å². The second kappa shape index (κ2) is 3.30. The van der Waals surface area contributed by atoms with Gasteiger partial charge in [0.15, 0.2) is 0 Å². The summed E-state index contributed by atoms with van der Waals surface area (Å²) < 4.78 is 0. The maximum Gasteiger partial charge on any atom is 0.132 e. The zero-order valence-electron chi connectivity index (χ0n) is 8.10. The van der Waals surface area contributed by atoms with Gasteiger partial charge >= 0.3 is 0 Å². The van der Waals surface area contributed by atoms with E-state index in [1.54, 1.807) is 0 Å². The first kappa shape index (κ1) is 9.01. The lowest BCUT2D eigenvalue weighted by molar-refractivity contribution is 0.573. The summed E-state index contributed by atoms with van der Waals surface area (Å²) >= 11 is 6.00. The highest BCUT2D eigenvalue weighted by Crippen LogP contribution is 2.31. The van der Waals surface area contributed by atoms with Gasteiger partial charge in [0.05, 0.1) is 0 Å². The molecule has 2 rings (SSSR count). The minimum absolute atomic E-state index is 0.585. The highest BCUT2D eigenvalue weighted by Gasteiger charge is 2.18. The van der Waals surface area contributed by atoms with Crippen molar-refractivity contribution in [3.8, 4) is 0 Å². The van der Waals surface area contributed by atoms with Crippen molar-refractivity contribution in [2.45, 2.75) is 39.0 Å². The van der Waals surface area contributed by atoms with Gasteiger partial charge in [-0.3, -0.25) is 0 Å². The maximum absolute atomic E-state index is 6.00. The average molecular weight is 196 g/mol. The molecule has 1 unspecified atom stereocenters. The lowest BCUT2D eigenvalue weighted by atomic mass is 9.87. The van der Waals surface area contributed by atoms with Crippen LogP contribution in [0.25, 0.3) is 0 Å². The Morgan fingerprint density at radius 3 is 3.08 bits per heavy atom. The fourth-order valence-corrected chi connectivity index (χ4v) is 2.17. The number of hydrogen-bond acceptors (Lipinski definition) is 1. The van der Waals surface area contributed by atoms with Crippen LogP contribution in [0.2, 0.25) is 5.15 Å². The quantitative estimate of drug-likeness (QED) is 0.578. The van der Waals surface area contributed by atoms with Crippen molar-refractivity contribution < 1.29 is 0 Å². The largest absolute Gasteiger partial charge is 0.240 e. The molecule has 0 aliphatic heterocycles. The summed E-state index contributed by atoms with van der Waals surface area (Å²) in [7, 11) is 0. The van der Waals surface area contributed by atoms with Crippen LogP contribution >= 0.6 is 11.6 Å². The Morgan fingerprint density at radius 2 is 2.31 bits per heavy atom. The van der Waals surface area contributed by atoms with E-state index in [-0.39, 0.29) is 0 Å². The minimum Gasteiger partial charge on any atom is -0.240 e. The molecule has 2 heteroatoms. The molecule has 0 aromatic carbocycles. The molecule has 1 atom stereocenters. The van der Waals surface area contributed by atoms with E-state index >= 15 is 0 Å². The molecule has 0 bridgehead atoms. The number of aryl methyl sites for hydroxylation is 2. The lowest BCUT2D eigenvalue weighted by Gasteiger charge is -2.21. The van der Waals surface area contributed by atoms with Gasteiger partial charge in [0.1, 0.15) is 5.15 Å². The third-order valence-electron chi connectivity index (χ3n) is 2.81. The van der Waals surface area contributed by atoms with Gasteiger partial charge in [-0.15, -0.1) is 0 Å². The molecular formula is C11H14ClN. The monoisotopic (exact) mass is 195 g/mol. The Hall–Kier alpha value is -0.560. The minimum atomic E-state index is 0.585. The SMILES string of the molecule is Cc1cc2c(nc1Cl)C(C)CCC2. The zero-order chi connectivity index (χ0) is 9.42. The topological polar surface area (TPSA) is 12.9 Å². The van der Waals surface area contributed by atoms with Gasteiger partial charge < -0.3 is 0 Å². The van der Waals surface area contributed by atoms with Gasteiger partial charge in [-0.1, -0.05) is 24.6 Å². The number of hydrogen-bond donors (Lipinski definition) is 0. The van der Waals surface area contributed by atoms with E-state index in [9.17, 15) is 0 Å². The summed E-state index contributed by atoms with van der Waals surface area (Å²) in [5, 5.41) is 0.674. The van der Waals surface area contributed by atoms with Crippen molar-refractivity contribution in [2.75, 3.05) is 0 Å². The smallest absolute Gasteiger partial charge is 0.132 e. The molecule has 0 fully saturated rings. The fourth-order valence-electron chi connectivity index (χ4n) is 2.02. The Kier molecular flexibility index (Phi) is 2.29. The summed E-state index contributed by atoms with van der Waals surface area (Å²) in [6, 6.07) is 2.19. The van der Waals surface area contributed by atoms with Crippen molar-refractivity contribution in [1.82, 2.24) is 4.98 Å². The molecule has 0 N–H and O–H groups in total. The van der Waals surface area contributed by atoms with E-state index in [1.807, 2.05) is 6.92 Å². The van der Waals surface area contributed by atoms with Crippen LogP contribution in [0, 0.1) is 6.92 Å². The van der Waals surface area contributed by atoms with Crippen LogP contribution in [0.4, 0.5) is 0 Å². The third-order valence-corrected chi connectivity index (χ3v) is 3.20. The molecule has 70 valence electrons. The van der Waals surface area contributed by atoms with Crippen LogP contribution < -0.4 is 0 Å². The van der Waals surface area contributed by atoms with Crippen LogP contribution in [0.5, 0.6) is 0 Å². The summed E-state index contributed by atoms with van der Waals surface area (Å²) in [6.45, 7) is 4.26. The molecule has 1 heterocycles. The van der Waals surface area contributed by atoms with E-state index < -0.39 is 0 Å². The van der Waals surface area contributed by atoms with Crippen molar-refractivity contribution >= 4 is 11.6 Å². The molecule has 0 saturated carbocycles. The van der Waals surface area contributed by atoms with Crippen LogP contribution in [-0.2, 0) is 6.42 Å². The third kappa shape index (κ3) is 1.58. The van der Waals surface area contributed by atoms with Gasteiger partial charge in [0, 0.05) is 5.69 Å². The average Bonchev–Trinajstić information content (AvgIpc) is 2.09. The number of pyridine rings is 1. The van der Waals surface area contributed by atoms with Crippen molar-refractivity contribution in [2.24, 2.45) is 0 Å². The Balaban J connectivity index is 2.52. The van der Waals surface area contributed by atoms with Crippen molar-refractivity contribution in [3.05, 3.63) is 28.0 Å². The summed E-state index contributed by atoms with van der Waals surface area (Å²) in [6.07, 6.45) is 3.71. The number of aromatic nitrogens is 1. The Morgan fingerprint density at radius 1 is 1.54 bits per heavy atom. The first-order valence-electron chi connectivity index (χ1n) is 4.84. The molecule has 0 spiro atoms. The van der Waals surface area contributed by atoms with Gasteiger partial charge in [-0.2, -0.15) is 0 Å². The van der Waals surface area contributed by atoms with Crippen LogP contribution in [-0.4, -0.2) is 4.98 Å². The predicted molar refractivity (Wildman–Crippen MR) is 55.3 cm³/mol. The van der Waals surface area contributed by atoms with Crippen LogP contribution in [0.15, 0.2) is 6.07 Å². The van der Waals surface area contributed by atoms with Gasteiger partial charge in [-0.25, -0.2) is 4.98 Å². The van der Waals surface area contributed by atoms with Crippen molar-refractivity contribution in [1.29, 1.82) is 0 Å². The Labute approximate surface area is 84.1 Å². The second-order valence-electron chi connectivity index (χ2n) is 3.93. The molecule has 1 nitrogen and oxygen atoms in total. The standard InChI is InChI=1S/C11H14ClN/c1-7-4-3-5-9-6-8(2)11(12)13-10(7)9/h6-7H,3-5H2,1-2H3.